The molecule has 19 heavy (non-hydrogen) atoms. The van der Waals surface area contributed by atoms with Crippen molar-refractivity contribution in [1.82, 2.24) is 20.4 Å². The highest BCUT2D eigenvalue weighted by atomic mass is 16.5. The first-order chi connectivity index (χ1) is 9.36. The first kappa shape index (κ1) is 15.5. The van der Waals surface area contributed by atoms with Crippen molar-refractivity contribution in [3.8, 4) is 0 Å². The van der Waals surface area contributed by atoms with E-state index >= 15 is 0 Å². The van der Waals surface area contributed by atoms with Gasteiger partial charge in [-0.1, -0.05) is 0 Å². The van der Waals surface area contributed by atoms with Gasteiger partial charge in [-0.2, -0.15) is 5.10 Å². The minimum atomic E-state index is 0.796. The van der Waals surface area contributed by atoms with Crippen LogP contribution in [0.25, 0.3) is 0 Å². The molecule has 1 heterocycles. The summed E-state index contributed by atoms with van der Waals surface area (Å²) in [6.45, 7) is 6.20. The average Bonchev–Trinajstić information content (AvgIpc) is 2.93. The molecule has 0 bridgehead atoms. The maximum atomic E-state index is 5.29. The first-order valence-corrected chi connectivity index (χ1v) is 6.86. The first-order valence-electron chi connectivity index (χ1n) is 6.86. The summed E-state index contributed by atoms with van der Waals surface area (Å²) in [6.07, 6.45) is 5.89. The lowest BCUT2D eigenvalue weighted by molar-refractivity contribution is 0.143. The number of nitrogens with one attached hydrogen (secondary N) is 2. The topological polar surface area (TPSA) is 63.5 Å². The van der Waals surface area contributed by atoms with E-state index in [1.165, 1.54) is 0 Å². The minimum absolute atomic E-state index is 0.796. The lowest BCUT2D eigenvalue weighted by atomic mass is 10.3. The fourth-order valence-corrected chi connectivity index (χ4v) is 1.62. The number of ether oxygens (including phenoxy) is 1. The summed E-state index contributed by atoms with van der Waals surface area (Å²) in [5.74, 6) is 0.837. The molecule has 1 rings (SSSR count). The Morgan fingerprint density at radius 1 is 1.32 bits per heavy atom. The predicted octanol–water partition coefficient (Wildman–Crippen LogP) is 0.865. The van der Waals surface area contributed by atoms with Crippen LogP contribution < -0.4 is 10.6 Å². The fourth-order valence-electron chi connectivity index (χ4n) is 1.62. The molecule has 2 N–H and O–H groups in total. The Labute approximate surface area is 115 Å². The largest absolute Gasteiger partial charge is 0.382 e. The van der Waals surface area contributed by atoms with Gasteiger partial charge in [-0.3, -0.25) is 9.67 Å². The average molecular weight is 267 g/mol. The molecule has 6 nitrogen and oxygen atoms in total. The van der Waals surface area contributed by atoms with E-state index in [9.17, 15) is 0 Å². The predicted molar refractivity (Wildman–Crippen MR) is 77.3 cm³/mol. The molecule has 0 fully saturated rings. The summed E-state index contributed by atoms with van der Waals surface area (Å²) in [5.41, 5.74) is 0. The van der Waals surface area contributed by atoms with Gasteiger partial charge >= 0.3 is 0 Å². The molecular weight excluding hydrogens is 242 g/mol. The van der Waals surface area contributed by atoms with Crippen LogP contribution in [0, 0.1) is 0 Å². The normalized spacial score (nSPS) is 11.6. The van der Waals surface area contributed by atoms with Gasteiger partial charge in [-0.25, -0.2) is 0 Å². The number of hydrogen-bond donors (Lipinski definition) is 2. The van der Waals surface area contributed by atoms with E-state index < -0.39 is 0 Å². The molecule has 0 saturated carbocycles. The van der Waals surface area contributed by atoms with Crippen molar-refractivity contribution < 1.29 is 4.74 Å². The molecule has 0 radical (unpaired) electrons. The van der Waals surface area contributed by atoms with Crippen LogP contribution in [0.1, 0.15) is 19.8 Å². The molecule has 0 aromatic carbocycles. The van der Waals surface area contributed by atoms with Crippen LogP contribution in [0.4, 0.5) is 0 Å². The Hall–Kier alpha value is -1.56. The Morgan fingerprint density at radius 2 is 2.16 bits per heavy atom. The van der Waals surface area contributed by atoms with Crippen LogP contribution in [0.3, 0.4) is 0 Å². The molecule has 1 aromatic heterocycles. The summed E-state index contributed by atoms with van der Waals surface area (Å²) in [4.78, 5) is 4.17. The van der Waals surface area contributed by atoms with Gasteiger partial charge < -0.3 is 15.4 Å². The summed E-state index contributed by atoms with van der Waals surface area (Å²) >= 11 is 0. The maximum absolute atomic E-state index is 5.29. The van der Waals surface area contributed by atoms with Crippen molar-refractivity contribution in [2.24, 2.45) is 4.99 Å². The third kappa shape index (κ3) is 7.46. The Kier molecular flexibility index (Phi) is 8.46. The second-order valence-corrected chi connectivity index (χ2v) is 4.10. The fraction of sp³-hybridized carbons (Fsp3) is 0.692. The molecule has 1 aromatic rings. The third-order valence-corrected chi connectivity index (χ3v) is 2.63. The molecule has 108 valence electrons. The number of nitrogens with zero attached hydrogens (tertiary/aromatic N) is 3. The van der Waals surface area contributed by atoms with Crippen LogP contribution in [-0.4, -0.2) is 49.1 Å². The lowest BCUT2D eigenvalue weighted by Gasteiger charge is -2.11. The van der Waals surface area contributed by atoms with E-state index in [4.69, 9.17) is 4.74 Å². The van der Waals surface area contributed by atoms with Crippen LogP contribution in [0.2, 0.25) is 0 Å². The Bertz CT molecular complexity index is 337. The summed E-state index contributed by atoms with van der Waals surface area (Å²) in [5, 5.41) is 10.7. The molecule has 0 aliphatic heterocycles. The minimum Gasteiger partial charge on any atom is -0.382 e. The van der Waals surface area contributed by atoms with Gasteiger partial charge in [0, 0.05) is 45.7 Å². The van der Waals surface area contributed by atoms with Crippen molar-refractivity contribution >= 4 is 5.96 Å². The third-order valence-electron chi connectivity index (χ3n) is 2.63. The van der Waals surface area contributed by atoms with E-state index in [2.05, 4.69) is 20.7 Å². The standard InChI is InChI=1S/C13H25N5O/c1-3-19-12-5-4-7-15-13(14-2)16-9-11-18-10-6-8-17-18/h6,8,10H,3-5,7,9,11-12H2,1-2H3,(H2,14,15,16). The van der Waals surface area contributed by atoms with Gasteiger partial charge in [-0.05, 0) is 25.8 Å². The van der Waals surface area contributed by atoms with Crippen molar-refractivity contribution in [2.45, 2.75) is 26.3 Å². The Balaban J connectivity index is 2.03. The molecular formula is C13H25N5O. The highest BCUT2D eigenvalue weighted by Crippen LogP contribution is 1.88. The zero-order valence-electron chi connectivity index (χ0n) is 11.9. The molecule has 0 saturated heterocycles. The van der Waals surface area contributed by atoms with Crippen LogP contribution >= 0.6 is 0 Å². The summed E-state index contributed by atoms with van der Waals surface area (Å²) in [7, 11) is 1.78. The van der Waals surface area contributed by atoms with E-state index in [0.717, 1.165) is 51.6 Å². The number of aliphatic imine (C=N–C) groups is 1. The molecule has 6 heteroatoms. The van der Waals surface area contributed by atoms with Gasteiger partial charge in [0.05, 0.1) is 6.54 Å². The number of guanidine groups is 1. The zero-order chi connectivity index (χ0) is 13.8. The highest BCUT2D eigenvalue weighted by Gasteiger charge is 1.97. The summed E-state index contributed by atoms with van der Waals surface area (Å²) in [6, 6.07) is 1.92. The van der Waals surface area contributed by atoms with E-state index in [1.807, 2.05) is 23.9 Å². The van der Waals surface area contributed by atoms with Gasteiger partial charge in [0.2, 0.25) is 0 Å². The van der Waals surface area contributed by atoms with Gasteiger partial charge in [0.15, 0.2) is 5.96 Å². The molecule has 0 aliphatic carbocycles. The van der Waals surface area contributed by atoms with Gasteiger partial charge in [-0.15, -0.1) is 0 Å². The Morgan fingerprint density at radius 3 is 2.84 bits per heavy atom. The quantitative estimate of drug-likeness (QED) is 0.396. The highest BCUT2D eigenvalue weighted by molar-refractivity contribution is 5.79. The molecule has 0 spiro atoms. The lowest BCUT2D eigenvalue weighted by Crippen LogP contribution is -2.39. The molecule has 0 amide bonds. The van der Waals surface area contributed by atoms with Crippen molar-refractivity contribution in [1.29, 1.82) is 0 Å². The maximum Gasteiger partial charge on any atom is 0.191 e. The van der Waals surface area contributed by atoms with Gasteiger partial charge in [0.1, 0.15) is 0 Å². The van der Waals surface area contributed by atoms with Gasteiger partial charge in [0.25, 0.3) is 0 Å². The molecule has 0 atom stereocenters. The van der Waals surface area contributed by atoms with Crippen LogP contribution in [-0.2, 0) is 11.3 Å². The zero-order valence-corrected chi connectivity index (χ0v) is 11.9. The second-order valence-electron chi connectivity index (χ2n) is 4.10. The number of hydrogen-bond acceptors (Lipinski definition) is 3. The van der Waals surface area contributed by atoms with E-state index in [1.54, 1.807) is 13.2 Å². The molecule has 0 unspecified atom stereocenters. The summed E-state index contributed by atoms with van der Waals surface area (Å²) < 4.78 is 7.18. The van der Waals surface area contributed by atoms with Crippen LogP contribution in [0.15, 0.2) is 23.5 Å². The van der Waals surface area contributed by atoms with E-state index in [-0.39, 0.29) is 0 Å². The second kappa shape index (κ2) is 10.4. The van der Waals surface area contributed by atoms with Crippen molar-refractivity contribution in [2.75, 3.05) is 33.4 Å². The number of rotatable bonds is 9. The van der Waals surface area contributed by atoms with Crippen LogP contribution in [0.5, 0.6) is 0 Å². The van der Waals surface area contributed by atoms with E-state index in [0.29, 0.717) is 0 Å². The van der Waals surface area contributed by atoms with Crippen molar-refractivity contribution in [3.63, 3.8) is 0 Å². The SMILES string of the molecule is CCOCCCCNC(=NC)NCCn1cccn1. The smallest absolute Gasteiger partial charge is 0.191 e. The molecule has 0 aliphatic rings. The number of unbranched alkanes of at least 4 members (excludes halogenated alkanes) is 1. The van der Waals surface area contributed by atoms with Crippen molar-refractivity contribution in [3.05, 3.63) is 18.5 Å². The monoisotopic (exact) mass is 267 g/mol. The number of aromatic nitrogens is 2.